The van der Waals surface area contributed by atoms with E-state index in [1.807, 2.05) is 41.9 Å². The summed E-state index contributed by atoms with van der Waals surface area (Å²) in [7, 11) is 1.94. The van der Waals surface area contributed by atoms with Crippen LogP contribution in [0.4, 0.5) is 10.1 Å². The van der Waals surface area contributed by atoms with Crippen molar-refractivity contribution in [3.05, 3.63) is 84.2 Å². The summed E-state index contributed by atoms with van der Waals surface area (Å²) < 4.78 is 17.5. The minimum Gasteiger partial charge on any atom is -0.334 e. The van der Waals surface area contributed by atoms with Gasteiger partial charge in [0.25, 0.3) is 0 Å². The maximum absolute atomic E-state index is 15.6. The molecule has 2 fully saturated rings. The van der Waals surface area contributed by atoms with Gasteiger partial charge in [0, 0.05) is 24.7 Å². The first kappa shape index (κ1) is 25.2. The third kappa shape index (κ3) is 5.01. The number of aromatic nitrogens is 3. The van der Waals surface area contributed by atoms with Crippen molar-refractivity contribution in [3.63, 3.8) is 0 Å². The highest BCUT2D eigenvalue weighted by Crippen LogP contribution is 2.49. The number of anilines is 1. The molecule has 0 N–H and O–H groups in total. The summed E-state index contributed by atoms with van der Waals surface area (Å²) in [5, 5.41) is 0. The highest BCUT2D eigenvalue weighted by atomic mass is 19.1. The van der Waals surface area contributed by atoms with Gasteiger partial charge in [0.15, 0.2) is 5.78 Å². The molecule has 0 saturated heterocycles. The number of nitrogens with zero attached hydrogens (tertiary/aromatic N) is 4. The van der Waals surface area contributed by atoms with Gasteiger partial charge in [-0.25, -0.2) is 9.37 Å². The van der Waals surface area contributed by atoms with E-state index in [-0.39, 0.29) is 30.0 Å². The standard InChI is InChI=1S/C32H31FN4O2/c1-20(38)3-4-22-12-27(17-34-16-22)37(32(39)28-13-21-5-6-25(28)11-21)18-26-8-7-23(14-29(26)33)24-9-10-31-30(15-24)35-19-36(31)2/h3-4,7-10,12,14-17,19,21,25,28H,5-6,11,13,18H2,1-2H3/b4-3+/t21-,25+,28-/m1/s1. The molecule has 2 aliphatic carbocycles. The predicted molar refractivity (Wildman–Crippen MR) is 150 cm³/mol. The Morgan fingerprint density at radius 3 is 2.64 bits per heavy atom. The highest BCUT2D eigenvalue weighted by molar-refractivity contribution is 5.96. The second-order valence-electron chi connectivity index (χ2n) is 11.0. The number of halogens is 1. The maximum Gasteiger partial charge on any atom is 0.230 e. The van der Waals surface area contributed by atoms with Crippen molar-refractivity contribution in [2.75, 3.05) is 4.90 Å². The number of amides is 1. The van der Waals surface area contributed by atoms with E-state index in [9.17, 15) is 9.59 Å². The van der Waals surface area contributed by atoms with Gasteiger partial charge >= 0.3 is 0 Å². The van der Waals surface area contributed by atoms with Crippen LogP contribution in [0.2, 0.25) is 0 Å². The van der Waals surface area contributed by atoms with Crippen molar-refractivity contribution in [2.45, 2.75) is 39.2 Å². The Morgan fingerprint density at radius 1 is 1.08 bits per heavy atom. The van der Waals surface area contributed by atoms with E-state index < -0.39 is 0 Å². The normalized spacial score (nSPS) is 20.2. The molecule has 6 rings (SSSR count). The van der Waals surface area contributed by atoms with Gasteiger partial charge in [-0.3, -0.25) is 14.6 Å². The van der Waals surface area contributed by atoms with E-state index in [1.54, 1.807) is 35.8 Å². The van der Waals surface area contributed by atoms with Crippen LogP contribution in [0.5, 0.6) is 0 Å². The van der Waals surface area contributed by atoms with E-state index >= 15 is 4.39 Å². The summed E-state index contributed by atoms with van der Waals surface area (Å²) >= 11 is 0. The van der Waals surface area contributed by atoms with Gasteiger partial charge in [0.2, 0.25) is 5.91 Å². The zero-order valence-electron chi connectivity index (χ0n) is 22.2. The van der Waals surface area contributed by atoms with Gasteiger partial charge in [-0.1, -0.05) is 24.6 Å². The molecule has 2 saturated carbocycles. The second-order valence-corrected chi connectivity index (χ2v) is 11.0. The van der Waals surface area contributed by atoms with E-state index in [1.165, 1.54) is 25.5 Å². The minimum absolute atomic E-state index is 0.0285. The fraction of sp³-hybridized carbons (Fsp3) is 0.312. The Labute approximate surface area is 227 Å². The average Bonchev–Trinajstić information content (AvgIpc) is 3.67. The average molecular weight is 523 g/mol. The number of hydrogen-bond donors (Lipinski definition) is 0. The Morgan fingerprint density at radius 2 is 1.90 bits per heavy atom. The van der Waals surface area contributed by atoms with Crippen molar-refractivity contribution in [3.8, 4) is 11.1 Å². The SMILES string of the molecule is CC(=O)/C=C/c1cncc(N(Cc2ccc(-c3ccc4c(c3)ncn4C)cc2F)C(=O)[C@@H]2C[C@@H]3CC[C@H]2C3)c1. The lowest BCUT2D eigenvalue weighted by Gasteiger charge is -2.30. The number of hydrogen-bond acceptors (Lipinski definition) is 4. The molecule has 3 atom stereocenters. The first-order valence-corrected chi connectivity index (χ1v) is 13.5. The van der Waals surface area contributed by atoms with Crippen molar-refractivity contribution in [2.24, 2.45) is 24.8 Å². The molecule has 2 aromatic heterocycles. The number of allylic oxidation sites excluding steroid dienone is 1. The Kier molecular flexibility index (Phi) is 6.59. The molecule has 2 aromatic carbocycles. The van der Waals surface area contributed by atoms with Crippen molar-refractivity contribution in [1.29, 1.82) is 0 Å². The van der Waals surface area contributed by atoms with Crippen molar-refractivity contribution >= 4 is 34.5 Å². The smallest absolute Gasteiger partial charge is 0.230 e. The minimum atomic E-state index is -0.361. The first-order chi connectivity index (χ1) is 18.9. The van der Waals surface area contributed by atoms with Crippen LogP contribution in [-0.2, 0) is 23.2 Å². The lowest BCUT2D eigenvalue weighted by atomic mass is 9.87. The van der Waals surface area contributed by atoms with Crippen LogP contribution in [0.15, 0.2) is 67.3 Å². The fourth-order valence-electron chi connectivity index (χ4n) is 6.28. The molecule has 0 unspecified atom stereocenters. The zero-order valence-corrected chi connectivity index (χ0v) is 22.2. The quantitative estimate of drug-likeness (QED) is 0.266. The van der Waals surface area contributed by atoms with Gasteiger partial charge in [-0.15, -0.1) is 0 Å². The van der Waals surface area contributed by atoms with E-state index in [2.05, 4.69) is 9.97 Å². The zero-order chi connectivity index (χ0) is 27.1. The summed E-state index contributed by atoms with van der Waals surface area (Å²) in [6, 6.07) is 12.9. The lowest BCUT2D eigenvalue weighted by Crippen LogP contribution is -2.38. The predicted octanol–water partition coefficient (Wildman–Crippen LogP) is 6.35. The van der Waals surface area contributed by atoms with Gasteiger partial charge in [0.05, 0.1) is 35.8 Å². The largest absolute Gasteiger partial charge is 0.334 e. The van der Waals surface area contributed by atoms with E-state index in [4.69, 9.17) is 0 Å². The monoisotopic (exact) mass is 522 g/mol. The van der Waals surface area contributed by atoms with E-state index in [0.29, 0.717) is 28.7 Å². The van der Waals surface area contributed by atoms with Crippen LogP contribution in [0.3, 0.4) is 0 Å². The lowest BCUT2D eigenvalue weighted by molar-refractivity contribution is -0.124. The van der Waals surface area contributed by atoms with Crippen LogP contribution in [-0.4, -0.2) is 26.2 Å². The number of ketones is 1. The third-order valence-corrected chi connectivity index (χ3v) is 8.33. The van der Waals surface area contributed by atoms with Crippen molar-refractivity contribution in [1.82, 2.24) is 14.5 Å². The number of imidazole rings is 1. The number of carbonyl (C=O) groups is 2. The maximum atomic E-state index is 15.6. The summed E-state index contributed by atoms with van der Waals surface area (Å²) in [6.07, 6.45) is 12.5. The summed E-state index contributed by atoms with van der Waals surface area (Å²) in [5.41, 5.74) is 5.28. The highest BCUT2D eigenvalue weighted by Gasteiger charge is 2.44. The molecule has 4 aromatic rings. The molecular weight excluding hydrogens is 491 g/mol. The molecule has 39 heavy (non-hydrogen) atoms. The van der Waals surface area contributed by atoms with Crippen LogP contribution in [0, 0.1) is 23.6 Å². The molecule has 2 heterocycles. The number of pyridine rings is 1. The molecule has 0 aliphatic heterocycles. The Hall–Kier alpha value is -4.13. The van der Waals surface area contributed by atoms with Crippen LogP contribution in [0.1, 0.15) is 43.7 Å². The first-order valence-electron chi connectivity index (χ1n) is 13.5. The summed E-state index contributed by atoms with van der Waals surface area (Å²) in [4.78, 5) is 35.8. The third-order valence-electron chi connectivity index (χ3n) is 8.33. The number of aryl methyl sites for hydroxylation is 1. The molecule has 2 aliphatic rings. The number of carbonyl (C=O) groups excluding carboxylic acids is 2. The second kappa shape index (κ2) is 10.2. The topological polar surface area (TPSA) is 68.1 Å². The van der Waals surface area contributed by atoms with Gasteiger partial charge in [-0.05, 0) is 91.1 Å². The Bertz CT molecular complexity index is 1610. The molecule has 0 spiro atoms. The Balaban J connectivity index is 1.32. The molecule has 1 amide bonds. The van der Waals surface area contributed by atoms with Gasteiger partial charge < -0.3 is 9.47 Å². The summed E-state index contributed by atoms with van der Waals surface area (Å²) in [5.74, 6) is 0.557. The van der Waals surface area contributed by atoms with Gasteiger partial charge in [-0.2, -0.15) is 0 Å². The van der Waals surface area contributed by atoms with Crippen LogP contribution in [0.25, 0.3) is 28.2 Å². The molecule has 7 heteroatoms. The number of benzene rings is 2. The number of rotatable bonds is 7. The van der Waals surface area contributed by atoms with Crippen LogP contribution < -0.4 is 4.90 Å². The molecule has 6 nitrogen and oxygen atoms in total. The van der Waals surface area contributed by atoms with E-state index in [0.717, 1.165) is 41.4 Å². The molecule has 2 bridgehead atoms. The number of fused-ring (bicyclic) bond motifs is 3. The molecule has 198 valence electrons. The van der Waals surface area contributed by atoms with Crippen molar-refractivity contribution < 1.29 is 14.0 Å². The van der Waals surface area contributed by atoms with Gasteiger partial charge in [0.1, 0.15) is 5.82 Å². The molecule has 0 radical (unpaired) electrons. The summed E-state index contributed by atoms with van der Waals surface area (Å²) in [6.45, 7) is 1.60. The molecular formula is C32H31FN4O2. The van der Waals surface area contributed by atoms with Crippen LogP contribution >= 0.6 is 0 Å². The fourth-order valence-corrected chi connectivity index (χ4v) is 6.28.